The van der Waals surface area contributed by atoms with Gasteiger partial charge in [-0.15, -0.1) is 10.2 Å². The van der Waals surface area contributed by atoms with Gasteiger partial charge < -0.3 is 9.47 Å². The van der Waals surface area contributed by atoms with E-state index < -0.39 is 0 Å². The first-order chi connectivity index (χ1) is 11.7. The Labute approximate surface area is 142 Å². The van der Waals surface area contributed by atoms with E-state index in [0.717, 1.165) is 51.0 Å². The van der Waals surface area contributed by atoms with E-state index in [1.807, 2.05) is 11.6 Å². The van der Waals surface area contributed by atoms with E-state index in [9.17, 15) is 4.79 Å². The summed E-state index contributed by atoms with van der Waals surface area (Å²) in [4.78, 5) is 15.1. The van der Waals surface area contributed by atoms with E-state index in [0.29, 0.717) is 11.8 Å². The number of rotatable bonds is 2. The van der Waals surface area contributed by atoms with Crippen LogP contribution < -0.4 is 0 Å². The van der Waals surface area contributed by atoms with E-state index in [2.05, 4.69) is 39.4 Å². The minimum atomic E-state index is 0.0568. The van der Waals surface area contributed by atoms with E-state index in [-0.39, 0.29) is 5.92 Å². The molecule has 2 aromatic rings. The normalized spacial score (nSPS) is 21.5. The van der Waals surface area contributed by atoms with Crippen molar-refractivity contribution in [1.29, 1.82) is 0 Å². The molecule has 0 bridgehead atoms. The second-order valence-electron chi connectivity index (χ2n) is 7.04. The molecular formula is C19H24N4O. The Kier molecular flexibility index (Phi) is 4.08. The topological polar surface area (TPSA) is 51.0 Å². The fourth-order valence-electron chi connectivity index (χ4n) is 4.25. The van der Waals surface area contributed by atoms with Gasteiger partial charge in [-0.25, -0.2) is 0 Å². The smallest absolute Gasteiger partial charge is 0.230 e. The number of carbonyl (C=O) groups excluding carboxylic acids is 1. The van der Waals surface area contributed by atoms with E-state index >= 15 is 0 Å². The highest BCUT2D eigenvalue weighted by atomic mass is 16.2. The molecule has 1 aliphatic heterocycles. The number of carbonyl (C=O) groups is 1. The molecule has 0 saturated carbocycles. The van der Waals surface area contributed by atoms with Gasteiger partial charge in [0.05, 0.1) is 5.92 Å². The number of hydrogen-bond acceptors (Lipinski definition) is 3. The molecule has 1 aromatic heterocycles. The molecular weight excluding hydrogens is 300 g/mol. The average molecular weight is 324 g/mol. The second-order valence-corrected chi connectivity index (χ2v) is 7.04. The van der Waals surface area contributed by atoms with Crippen LogP contribution in [0.1, 0.15) is 54.5 Å². The summed E-state index contributed by atoms with van der Waals surface area (Å²) in [6.07, 6.45) is 6.92. The van der Waals surface area contributed by atoms with Crippen molar-refractivity contribution in [2.24, 2.45) is 7.05 Å². The van der Waals surface area contributed by atoms with Crippen LogP contribution in [0.15, 0.2) is 30.6 Å². The maximum atomic E-state index is 13.1. The molecule has 0 spiro atoms. The number of aryl methyl sites for hydroxylation is 2. The van der Waals surface area contributed by atoms with Crippen LogP contribution in [0.3, 0.4) is 0 Å². The van der Waals surface area contributed by atoms with Gasteiger partial charge in [0.1, 0.15) is 12.2 Å². The van der Waals surface area contributed by atoms with Crippen LogP contribution in [-0.2, 0) is 18.3 Å². The zero-order valence-corrected chi connectivity index (χ0v) is 14.2. The van der Waals surface area contributed by atoms with Gasteiger partial charge in [0.2, 0.25) is 5.91 Å². The number of likely N-dealkylation sites (tertiary alicyclic amines) is 1. The van der Waals surface area contributed by atoms with Crippen molar-refractivity contribution in [3.05, 3.63) is 47.5 Å². The maximum Gasteiger partial charge on any atom is 0.230 e. The predicted molar refractivity (Wildman–Crippen MR) is 91.7 cm³/mol. The molecule has 2 aliphatic rings. The van der Waals surface area contributed by atoms with Crippen LogP contribution in [0.25, 0.3) is 0 Å². The lowest BCUT2D eigenvalue weighted by Crippen LogP contribution is -2.41. The number of piperidine rings is 1. The standard InChI is InChI=1S/C19H24N4O/c1-22-13-20-21-18(22)15-9-11-23(12-10-15)19(24)17-8-4-6-14-5-2-3-7-16(14)17/h2-3,5,7,13,15,17H,4,6,8-12H2,1H3. The van der Waals surface area contributed by atoms with Crippen molar-refractivity contribution in [3.8, 4) is 0 Å². The molecule has 126 valence electrons. The summed E-state index contributed by atoms with van der Waals surface area (Å²) in [5, 5.41) is 8.22. The van der Waals surface area contributed by atoms with Gasteiger partial charge in [-0.2, -0.15) is 0 Å². The van der Waals surface area contributed by atoms with Gasteiger partial charge in [-0.1, -0.05) is 24.3 Å². The minimum absolute atomic E-state index is 0.0568. The molecule has 24 heavy (non-hydrogen) atoms. The van der Waals surface area contributed by atoms with Crippen LogP contribution in [0, 0.1) is 0 Å². The third kappa shape index (κ3) is 2.72. The largest absolute Gasteiger partial charge is 0.342 e. The number of fused-ring (bicyclic) bond motifs is 1. The van der Waals surface area contributed by atoms with E-state index in [1.165, 1.54) is 11.1 Å². The molecule has 1 amide bonds. The monoisotopic (exact) mass is 324 g/mol. The molecule has 5 heteroatoms. The Balaban J connectivity index is 1.45. The van der Waals surface area contributed by atoms with Gasteiger partial charge in [-0.05, 0) is 43.2 Å². The third-order valence-corrected chi connectivity index (χ3v) is 5.59. The summed E-state index contributed by atoms with van der Waals surface area (Å²) < 4.78 is 2.00. The Morgan fingerprint density at radius 2 is 1.96 bits per heavy atom. The first-order valence-electron chi connectivity index (χ1n) is 8.94. The molecule has 0 N–H and O–H groups in total. The van der Waals surface area contributed by atoms with Crippen molar-refractivity contribution >= 4 is 5.91 Å². The first-order valence-corrected chi connectivity index (χ1v) is 8.94. The number of amides is 1. The Bertz CT molecular complexity index is 730. The molecule has 1 fully saturated rings. The quantitative estimate of drug-likeness (QED) is 0.853. The summed E-state index contributed by atoms with van der Waals surface area (Å²) in [5.41, 5.74) is 2.61. The lowest BCUT2D eigenvalue weighted by Gasteiger charge is -2.35. The molecule has 1 aliphatic carbocycles. The predicted octanol–water partition coefficient (Wildman–Crippen LogP) is 2.64. The SMILES string of the molecule is Cn1cnnc1C1CCN(C(=O)C2CCCc3ccccc32)CC1. The van der Waals surface area contributed by atoms with Crippen molar-refractivity contribution in [2.75, 3.05) is 13.1 Å². The van der Waals surface area contributed by atoms with Crippen molar-refractivity contribution in [1.82, 2.24) is 19.7 Å². The van der Waals surface area contributed by atoms with Gasteiger partial charge in [-0.3, -0.25) is 4.79 Å². The summed E-state index contributed by atoms with van der Waals surface area (Å²) in [6, 6.07) is 8.46. The Morgan fingerprint density at radius 3 is 2.71 bits per heavy atom. The molecule has 2 heterocycles. The summed E-state index contributed by atoms with van der Waals surface area (Å²) in [5.74, 6) is 1.84. The molecule has 1 unspecified atom stereocenters. The van der Waals surface area contributed by atoms with Crippen molar-refractivity contribution in [2.45, 2.75) is 43.9 Å². The number of aromatic nitrogens is 3. The number of hydrogen-bond donors (Lipinski definition) is 0. The van der Waals surface area contributed by atoms with E-state index in [1.54, 1.807) is 6.33 Å². The summed E-state index contributed by atoms with van der Waals surface area (Å²) >= 11 is 0. The lowest BCUT2D eigenvalue weighted by molar-refractivity contribution is -0.134. The highest BCUT2D eigenvalue weighted by Gasteiger charge is 2.32. The van der Waals surface area contributed by atoms with Crippen LogP contribution in [0.5, 0.6) is 0 Å². The third-order valence-electron chi connectivity index (χ3n) is 5.59. The van der Waals surface area contributed by atoms with Crippen LogP contribution in [0.2, 0.25) is 0 Å². The molecule has 1 atom stereocenters. The maximum absolute atomic E-state index is 13.1. The number of nitrogens with zero attached hydrogens (tertiary/aromatic N) is 4. The summed E-state index contributed by atoms with van der Waals surface area (Å²) in [7, 11) is 1.99. The lowest BCUT2D eigenvalue weighted by atomic mass is 9.81. The number of benzene rings is 1. The Morgan fingerprint density at radius 1 is 1.17 bits per heavy atom. The zero-order valence-electron chi connectivity index (χ0n) is 14.2. The molecule has 5 nitrogen and oxygen atoms in total. The molecule has 1 aromatic carbocycles. The molecule has 1 saturated heterocycles. The average Bonchev–Trinajstić information content (AvgIpc) is 3.07. The van der Waals surface area contributed by atoms with Crippen molar-refractivity contribution in [3.63, 3.8) is 0 Å². The van der Waals surface area contributed by atoms with E-state index in [4.69, 9.17) is 0 Å². The highest BCUT2D eigenvalue weighted by molar-refractivity contribution is 5.84. The molecule has 0 radical (unpaired) electrons. The van der Waals surface area contributed by atoms with Gasteiger partial charge >= 0.3 is 0 Å². The zero-order chi connectivity index (χ0) is 16.5. The van der Waals surface area contributed by atoms with Crippen LogP contribution in [0.4, 0.5) is 0 Å². The second kappa shape index (κ2) is 6.38. The Hall–Kier alpha value is -2.17. The molecule has 4 rings (SSSR count). The van der Waals surface area contributed by atoms with Crippen LogP contribution >= 0.6 is 0 Å². The highest BCUT2D eigenvalue weighted by Crippen LogP contribution is 2.34. The first kappa shape index (κ1) is 15.4. The minimum Gasteiger partial charge on any atom is -0.342 e. The van der Waals surface area contributed by atoms with Gasteiger partial charge in [0.15, 0.2) is 0 Å². The van der Waals surface area contributed by atoms with Gasteiger partial charge in [0, 0.05) is 26.1 Å². The van der Waals surface area contributed by atoms with Gasteiger partial charge in [0.25, 0.3) is 0 Å². The van der Waals surface area contributed by atoms with Crippen LogP contribution in [-0.4, -0.2) is 38.7 Å². The van der Waals surface area contributed by atoms with Crippen molar-refractivity contribution < 1.29 is 4.79 Å². The summed E-state index contributed by atoms with van der Waals surface area (Å²) in [6.45, 7) is 1.66. The fraction of sp³-hybridized carbons (Fsp3) is 0.526. The fourth-order valence-corrected chi connectivity index (χ4v) is 4.25.